The Morgan fingerprint density at radius 1 is 1.89 bits per heavy atom. The summed E-state index contributed by atoms with van der Waals surface area (Å²) in [5.41, 5.74) is 0.891. The first-order valence-corrected chi connectivity index (χ1v) is 3.86. The molecule has 0 aromatic heterocycles. The molecular weight excluding hydrogens is 171 g/mol. The summed E-state index contributed by atoms with van der Waals surface area (Å²) in [6, 6.07) is 0. The standard InChI is InChI=1S/C5H4N2S.V/c1-4-3-7-8-5(4)6-2;/h2-3H,1H2;. The van der Waals surface area contributed by atoms with Crippen molar-refractivity contribution < 1.29 is 17.0 Å². The maximum absolute atomic E-state index is 4.01. The molecule has 1 rings (SSSR count). The molecule has 0 amide bonds. The zero-order chi connectivity index (χ0) is 6.69. The van der Waals surface area contributed by atoms with Gasteiger partial charge < -0.3 is 0 Å². The van der Waals surface area contributed by atoms with Gasteiger partial charge in [-0.1, -0.05) is 0 Å². The summed E-state index contributed by atoms with van der Waals surface area (Å²) in [6.45, 7) is 3.73. The fraction of sp³-hybridized carbons (Fsp3) is 0. The van der Waals surface area contributed by atoms with Crippen molar-refractivity contribution in [3.8, 4) is 0 Å². The first-order chi connectivity index (χ1) is 4.34. The van der Waals surface area contributed by atoms with Crippen molar-refractivity contribution >= 4 is 28.1 Å². The third kappa shape index (κ3) is 1.64. The quantitative estimate of drug-likeness (QED) is 0.545. The molecule has 1 aliphatic rings. The molecule has 0 aliphatic carbocycles. The molecule has 9 heavy (non-hydrogen) atoms. The van der Waals surface area contributed by atoms with Crippen LogP contribution < -0.4 is 0 Å². The molecular formula is C5H4N2SV. The van der Waals surface area contributed by atoms with Gasteiger partial charge in [0.2, 0.25) is 0 Å². The molecule has 0 spiro atoms. The Morgan fingerprint density at radius 2 is 2.67 bits per heavy atom. The summed E-state index contributed by atoms with van der Waals surface area (Å²) in [5, 5.41) is 0.885. The van der Waals surface area contributed by atoms with Gasteiger partial charge in [-0.3, -0.25) is 0 Å². The van der Waals surface area contributed by atoms with Crippen LogP contribution >= 0.6 is 11.9 Å². The zero-order valence-electron chi connectivity index (χ0n) is 4.61. The van der Waals surface area contributed by atoms with Crippen molar-refractivity contribution in [2.75, 3.05) is 0 Å². The van der Waals surface area contributed by atoms with E-state index in [2.05, 4.69) is 32.9 Å². The molecule has 0 aromatic carbocycles. The van der Waals surface area contributed by atoms with E-state index in [4.69, 9.17) is 0 Å². The van der Waals surface area contributed by atoms with Crippen LogP contribution in [-0.2, 0) is 17.0 Å². The number of hydrogen-bond acceptors (Lipinski definition) is 3. The Morgan fingerprint density at radius 3 is 3.11 bits per heavy atom. The normalized spacial score (nSPS) is 21.2. The van der Waals surface area contributed by atoms with Crippen LogP contribution in [0.4, 0.5) is 0 Å². The number of aliphatic imine (C=N–C) groups is 1. The van der Waals surface area contributed by atoms with Crippen LogP contribution in [0.25, 0.3) is 0 Å². The Labute approximate surface area is 66.8 Å². The van der Waals surface area contributed by atoms with Crippen molar-refractivity contribution in [3.63, 3.8) is 0 Å². The average molecular weight is 175 g/mol. The topological polar surface area (TPSA) is 24.7 Å². The second-order valence-corrected chi connectivity index (χ2v) is 2.54. The van der Waals surface area contributed by atoms with Crippen molar-refractivity contribution in [2.45, 2.75) is 0 Å². The Hall–Kier alpha value is -0.116. The predicted octanol–water partition coefficient (Wildman–Crippen LogP) is 0.980. The molecule has 2 nitrogen and oxygen atoms in total. The van der Waals surface area contributed by atoms with E-state index in [9.17, 15) is 0 Å². The molecule has 0 radical (unpaired) electrons. The Balaban J connectivity index is 2.77. The van der Waals surface area contributed by atoms with Gasteiger partial charge in [-0.2, -0.15) is 0 Å². The molecule has 0 bridgehead atoms. The van der Waals surface area contributed by atoms with Gasteiger partial charge in [-0.05, 0) is 0 Å². The van der Waals surface area contributed by atoms with Crippen LogP contribution in [0.2, 0.25) is 0 Å². The molecule has 45 valence electrons. The third-order valence-electron chi connectivity index (χ3n) is 0.797. The fourth-order valence-electron chi connectivity index (χ4n) is 0.413. The molecule has 0 aromatic rings. The maximum atomic E-state index is 4.01. The number of nitrogens with zero attached hydrogens (tertiary/aromatic N) is 2. The Kier molecular flexibility index (Phi) is 2.45. The molecule has 0 unspecified atom stereocenters. The van der Waals surface area contributed by atoms with E-state index in [0.717, 1.165) is 10.6 Å². The molecule has 0 N–H and O–H groups in total. The number of hydrogen-bond donors (Lipinski definition) is 0. The van der Waals surface area contributed by atoms with E-state index < -0.39 is 0 Å². The molecule has 4 heteroatoms. The van der Waals surface area contributed by atoms with Gasteiger partial charge in [0.15, 0.2) is 0 Å². The van der Waals surface area contributed by atoms with Crippen molar-refractivity contribution in [1.82, 2.24) is 0 Å². The van der Waals surface area contributed by atoms with Crippen LogP contribution in [0.1, 0.15) is 0 Å². The van der Waals surface area contributed by atoms with Crippen molar-refractivity contribution in [1.29, 1.82) is 0 Å². The predicted molar refractivity (Wildman–Crippen MR) is 38.7 cm³/mol. The van der Waals surface area contributed by atoms with E-state index in [1.54, 1.807) is 11.1 Å². The summed E-state index contributed by atoms with van der Waals surface area (Å²) in [6.07, 6.45) is 1.71. The first-order valence-electron chi connectivity index (χ1n) is 2.28. The molecule has 0 fully saturated rings. The van der Waals surface area contributed by atoms with E-state index in [-0.39, 0.29) is 0 Å². The van der Waals surface area contributed by atoms with E-state index in [0.29, 0.717) is 0 Å². The summed E-state index contributed by atoms with van der Waals surface area (Å²) < 4.78 is 3.90. The summed E-state index contributed by atoms with van der Waals surface area (Å²) >= 11 is 3.62. The second-order valence-electron chi connectivity index (χ2n) is 1.40. The van der Waals surface area contributed by atoms with Gasteiger partial charge in [-0.25, -0.2) is 0 Å². The SMILES string of the molecule is C=C1C=NSC1=N[CH]=[V]. The van der Waals surface area contributed by atoms with Gasteiger partial charge in [0.05, 0.1) is 0 Å². The molecule has 1 heterocycles. The molecule has 0 saturated carbocycles. The zero-order valence-corrected chi connectivity index (χ0v) is 6.82. The monoisotopic (exact) mass is 175 g/mol. The van der Waals surface area contributed by atoms with Crippen LogP contribution in [0.3, 0.4) is 0 Å². The van der Waals surface area contributed by atoms with Crippen LogP contribution in [-0.4, -0.2) is 16.1 Å². The fourth-order valence-corrected chi connectivity index (χ4v) is 1.27. The van der Waals surface area contributed by atoms with Gasteiger partial charge >= 0.3 is 66.6 Å². The molecule has 1 aliphatic heterocycles. The van der Waals surface area contributed by atoms with Crippen LogP contribution in [0.15, 0.2) is 21.5 Å². The summed E-state index contributed by atoms with van der Waals surface area (Å²) in [5.74, 6) is 0. The molecule has 0 saturated heterocycles. The van der Waals surface area contributed by atoms with Crippen LogP contribution in [0.5, 0.6) is 0 Å². The average Bonchev–Trinajstić information content (AvgIpc) is 2.18. The minimum absolute atomic E-state index is 0.885. The Bertz CT molecular complexity index is 207. The summed E-state index contributed by atoms with van der Waals surface area (Å²) in [7, 11) is 0. The third-order valence-corrected chi connectivity index (χ3v) is 1.73. The minimum atomic E-state index is 0.885. The van der Waals surface area contributed by atoms with Gasteiger partial charge in [-0.15, -0.1) is 0 Å². The van der Waals surface area contributed by atoms with E-state index in [1.807, 2.05) is 0 Å². The van der Waals surface area contributed by atoms with E-state index >= 15 is 0 Å². The van der Waals surface area contributed by atoms with Crippen molar-refractivity contribution in [3.05, 3.63) is 12.2 Å². The van der Waals surface area contributed by atoms with Gasteiger partial charge in [0.1, 0.15) is 0 Å². The van der Waals surface area contributed by atoms with Gasteiger partial charge in [0.25, 0.3) is 0 Å². The van der Waals surface area contributed by atoms with E-state index in [1.165, 1.54) is 11.9 Å². The van der Waals surface area contributed by atoms with Crippen molar-refractivity contribution in [2.24, 2.45) is 9.39 Å². The van der Waals surface area contributed by atoms with Gasteiger partial charge in [0, 0.05) is 0 Å². The summed E-state index contributed by atoms with van der Waals surface area (Å²) in [4.78, 5) is 5.68. The second kappa shape index (κ2) is 3.15. The van der Waals surface area contributed by atoms with Crippen LogP contribution in [0, 0.1) is 0 Å². The molecule has 0 atom stereocenters. The first kappa shape index (κ1) is 7.00. The number of rotatable bonds is 1.